The van der Waals surface area contributed by atoms with Gasteiger partial charge in [0.05, 0.1) is 12.1 Å². The average molecular weight is 332 g/mol. The van der Waals surface area contributed by atoms with Gasteiger partial charge in [-0.2, -0.15) is 0 Å². The van der Waals surface area contributed by atoms with Crippen molar-refractivity contribution in [3.8, 4) is 5.75 Å². The van der Waals surface area contributed by atoms with Crippen LogP contribution in [0, 0.1) is 12.8 Å². The van der Waals surface area contributed by atoms with E-state index in [9.17, 15) is 4.79 Å². The summed E-state index contributed by atoms with van der Waals surface area (Å²) in [7, 11) is 0. The van der Waals surface area contributed by atoms with E-state index in [1.165, 1.54) is 12.8 Å². The number of hydrogen-bond donors (Lipinski definition) is 2. The zero-order chi connectivity index (χ0) is 16.9. The molecule has 0 aromatic heterocycles. The van der Waals surface area contributed by atoms with Crippen LogP contribution in [0.5, 0.6) is 5.75 Å². The molecule has 0 radical (unpaired) electrons. The molecule has 2 fully saturated rings. The lowest BCUT2D eigenvalue weighted by Gasteiger charge is -2.30. The molecule has 2 N–H and O–H groups in total. The quantitative estimate of drug-likeness (QED) is 0.842. The van der Waals surface area contributed by atoms with Gasteiger partial charge in [0.1, 0.15) is 12.4 Å². The summed E-state index contributed by atoms with van der Waals surface area (Å²) in [6.45, 7) is 5.19. The van der Waals surface area contributed by atoms with Gasteiger partial charge < -0.3 is 20.1 Å². The molecule has 3 rings (SSSR count). The van der Waals surface area contributed by atoms with Gasteiger partial charge in [0.15, 0.2) is 0 Å². The summed E-state index contributed by atoms with van der Waals surface area (Å²) in [5, 5.41) is 6.04. The maximum atomic E-state index is 12.2. The lowest BCUT2D eigenvalue weighted by Crippen LogP contribution is -2.49. The number of urea groups is 1. The number of carbonyl (C=O) groups is 1. The maximum Gasteiger partial charge on any atom is 0.315 e. The van der Waals surface area contributed by atoms with Crippen molar-refractivity contribution in [1.82, 2.24) is 10.6 Å². The third-order valence-electron chi connectivity index (χ3n) is 4.67. The fourth-order valence-corrected chi connectivity index (χ4v) is 3.17. The van der Waals surface area contributed by atoms with Crippen molar-refractivity contribution in [3.05, 3.63) is 29.8 Å². The Bertz CT molecular complexity index is 559. The molecule has 0 spiro atoms. The molecule has 2 aliphatic rings. The number of carbonyl (C=O) groups excluding carboxylic acids is 1. The molecule has 0 bridgehead atoms. The number of benzene rings is 1. The van der Waals surface area contributed by atoms with Gasteiger partial charge in [-0.05, 0) is 63.1 Å². The van der Waals surface area contributed by atoms with E-state index < -0.39 is 0 Å². The second-order valence-corrected chi connectivity index (χ2v) is 7.11. The minimum Gasteiger partial charge on any atom is -0.491 e. The molecule has 1 aliphatic heterocycles. The molecule has 1 aromatic carbocycles. The predicted octanol–water partition coefficient (Wildman–Crippen LogP) is 3.02. The zero-order valence-corrected chi connectivity index (χ0v) is 14.6. The fourth-order valence-electron chi connectivity index (χ4n) is 3.17. The van der Waals surface area contributed by atoms with Crippen LogP contribution in [0.2, 0.25) is 0 Å². The van der Waals surface area contributed by atoms with E-state index in [0.717, 1.165) is 36.7 Å². The maximum absolute atomic E-state index is 12.2. The molecule has 2 amide bonds. The zero-order valence-electron chi connectivity index (χ0n) is 14.6. The Labute approximate surface area is 144 Å². The van der Waals surface area contributed by atoms with Crippen molar-refractivity contribution in [3.63, 3.8) is 0 Å². The molecule has 1 aliphatic carbocycles. The van der Waals surface area contributed by atoms with Crippen LogP contribution >= 0.6 is 0 Å². The first-order valence-corrected chi connectivity index (χ1v) is 8.98. The van der Waals surface area contributed by atoms with Crippen LogP contribution in [-0.4, -0.2) is 37.4 Å². The van der Waals surface area contributed by atoms with Gasteiger partial charge in [-0.15, -0.1) is 0 Å². The first-order valence-electron chi connectivity index (χ1n) is 8.98. The van der Waals surface area contributed by atoms with Gasteiger partial charge >= 0.3 is 6.03 Å². The van der Waals surface area contributed by atoms with Gasteiger partial charge in [-0.3, -0.25) is 0 Å². The van der Waals surface area contributed by atoms with Crippen molar-refractivity contribution in [2.75, 3.05) is 13.2 Å². The fraction of sp³-hybridized carbons (Fsp3) is 0.632. The van der Waals surface area contributed by atoms with Crippen LogP contribution in [0.3, 0.4) is 0 Å². The highest BCUT2D eigenvalue weighted by molar-refractivity contribution is 5.74. The highest BCUT2D eigenvalue weighted by Crippen LogP contribution is 2.38. The minimum atomic E-state index is -0.114. The van der Waals surface area contributed by atoms with E-state index in [2.05, 4.69) is 10.6 Å². The van der Waals surface area contributed by atoms with E-state index in [0.29, 0.717) is 12.7 Å². The second-order valence-electron chi connectivity index (χ2n) is 7.11. The predicted molar refractivity (Wildman–Crippen MR) is 93.3 cm³/mol. The van der Waals surface area contributed by atoms with Gasteiger partial charge in [0.25, 0.3) is 0 Å². The van der Waals surface area contributed by atoms with Crippen LogP contribution < -0.4 is 15.4 Å². The van der Waals surface area contributed by atoms with Gasteiger partial charge in [0.2, 0.25) is 0 Å². The Kier molecular flexibility index (Phi) is 5.61. The minimum absolute atomic E-state index is 0.0513. The van der Waals surface area contributed by atoms with Crippen molar-refractivity contribution in [2.45, 2.75) is 57.7 Å². The summed E-state index contributed by atoms with van der Waals surface area (Å²) in [5.41, 5.74) is 1.16. The van der Waals surface area contributed by atoms with Crippen molar-refractivity contribution < 1.29 is 14.3 Å². The molecule has 132 valence electrons. The lowest BCUT2D eigenvalue weighted by molar-refractivity contribution is -0.00919. The topological polar surface area (TPSA) is 59.6 Å². The molecule has 3 unspecified atom stereocenters. The van der Waals surface area contributed by atoms with Crippen LogP contribution in [-0.2, 0) is 4.74 Å². The van der Waals surface area contributed by atoms with Crippen molar-refractivity contribution in [1.29, 1.82) is 0 Å². The lowest BCUT2D eigenvalue weighted by atomic mass is 10.0. The van der Waals surface area contributed by atoms with Crippen LogP contribution in [0.4, 0.5) is 4.79 Å². The molecule has 3 atom stereocenters. The Morgan fingerprint density at radius 2 is 2.21 bits per heavy atom. The smallest absolute Gasteiger partial charge is 0.315 e. The van der Waals surface area contributed by atoms with Crippen LogP contribution in [0.25, 0.3) is 0 Å². The highest BCUT2D eigenvalue weighted by Gasteiger charge is 2.36. The molecule has 1 aromatic rings. The molecular formula is C19H28N2O3. The molecule has 24 heavy (non-hydrogen) atoms. The number of ether oxygens (including phenoxy) is 2. The standard InChI is InChI=1S/C19H28N2O3/c1-13-4-3-5-17(10-13)24-12-14(2)20-19(22)21-16-8-9-23-18(11-16)15-6-7-15/h3-5,10,14-16,18H,6-9,11-12H2,1-2H3,(H2,20,21,22). The first kappa shape index (κ1) is 17.1. The molecular weight excluding hydrogens is 304 g/mol. The van der Waals surface area contributed by atoms with Gasteiger partial charge in [-0.25, -0.2) is 4.79 Å². The third kappa shape index (κ3) is 5.13. The Morgan fingerprint density at radius 1 is 1.38 bits per heavy atom. The third-order valence-corrected chi connectivity index (χ3v) is 4.67. The molecule has 1 saturated carbocycles. The number of nitrogens with one attached hydrogen (secondary N) is 2. The highest BCUT2D eigenvalue weighted by atomic mass is 16.5. The van der Waals surface area contributed by atoms with E-state index in [-0.39, 0.29) is 18.1 Å². The van der Waals surface area contributed by atoms with E-state index in [1.54, 1.807) is 0 Å². The summed E-state index contributed by atoms with van der Waals surface area (Å²) < 4.78 is 11.5. The number of amides is 2. The Hall–Kier alpha value is -1.75. The molecule has 1 saturated heterocycles. The number of hydrogen-bond acceptors (Lipinski definition) is 3. The van der Waals surface area contributed by atoms with E-state index >= 15 is 0 Å². The van der Waals surface area contributed by atoms with Crippen molar-refractivity contribution >= 4 is 6.03 Å². The molecule has 5 nitrogen and oxygen atoms in total. The molecule has 1 heterocycles. The monoisotopic (exact) mass is 332 g/mol. The SMILES string of the molecule is Cc1cccc(OCC(C)NC(=O)NC2CCOC(C3CC3)C2)c1. The molecule has 5 heteroatoms. The summed E-state index contributed by atoms with van der Waals surface area (Å²) in [5.74, 6) is 1.56. The Morgan fingerprint density at radius 3 is 2.96 bits per heavy atom. The second kappa shape index (κ2) is 7.88. The normalized spacial score (nSPS) is 24.9. The van der Waals surface area contributed by atoms with Crippen LogP contribution in [0.15, 0.2) is 24.3 Å². The van der Waals surface area contributed by atoms with Gasteiger partial charge in [-0.1, -0.05) is 12.1 Å². The summed E-state index contributed by atoms with van der Waals surface area (Å²) in [6.07, 6.45) is 4.72. The van der Waals surface area contributed by atoms with Crippen molar-refractivity contribution in [2.24, 2.45) is 5.92 Å². The summed E-state index contributed by atoms with van der Waals surface area (Å²) in [6, 6.07) is 7.98. The summed E-state index contributed by atoms with van der Waals surface area (Å²) in [4.78, 5) is 12.2. The van der Waals surface area contributed by atoms with Crippen LogP contribution in [0.1, 0.15) is 38.2 Å². The average Bonchev–Trinajstić information content (AvgIpc) is 3.38. The van der Waals surface area contributed by atoms with Gasteiger partial charge in [0, 0.05) is 12.6 Å². The Balaban J connectivity index is 1.37. The number of rotatable bonds is 6. The number of aryl methyl sites for hydroxylation is 1. The summed E-state index contributed by atoms with van der Waals surface area (Å²) >= 11 is 0. The van der Waals surface area contributed by atoms with E-state index in [4.69, 9.17) is 9.47 Å². The largest absolute Gasteiger partial charge is 0.491 e. The van der Waals surface area contributed by atoms with E-state index in [1.807, 2.05) is 38.1 Å². The first-order chi connectivity index (χ1) is 11.6.